The fraction of sp³-hybridized carbons (Fsp3) is 0.562. The summed E-state index contributed by atoms with van der Waals surface area (Å²) < 4.78 is 0. The topological polar surface area (TPSA) is 58.4 Å². The van der Waals surface area contributed by atoms with Crippen molar-refractivity contribution in [3.8, 4) is 0 Å². The lowest BCUT2D eigenvalue weighted by molar-refractivity contribution is -0.127. The number of nitrogens with one attached hydrogen (secondary N) is 1. The van der Waals surface area contributed by atoms with Gasteiger partial charge in [0, 0.05) is 25.8 Å². The highest BCUT2D eigenvalue weighted by Gasteiger charge is 2.25. The summed E-state index contributed by atoms with van der Waals surface area (Å²) in [7, 11) is 3.57. The lowest BCUT2D eigenvalue weighted by atomic mass is 10.0. The van der Waals surface area contributed by atoms with Gasteiger partial charge in [-0.25, -0.2) is 0 Å². The zero-order valence-corrected chi connectivity index (χ0v) is 12.4. The van der Waals surface area contributed by atoms with E-state index in [1.165, 1.54) is 19.3 Å². The summed E-state index contributed by atoms with van der Waals surface area (Å²) in [6.45, 7) is 0.757. The molecular weight excluding hydrogens is 250 g/mol. The van der Waals surface area contributed by atoms with Gasteiger partial charge in [0.2, 0.25) is 5.91 Å². The molecule has 1 aliphatic carbocycles. The normalized spacial score (nSPS) is 21.8. The molecule has 1 aliphatic rings. The van der Waals surface area contributed by atoms with E-state index in [1.807, 2.05) is 12.1 Å². The van der Waals surface area contributed by atoms with E-state index >= 15 is 0 Å². The van der Waals surface area contributed by atoms with Gasteiger partial charge in [0.15, 0.2) is 0 Å². The molecule has 1 fully saturated rings. The van der Waals surface area contributed by atoms with Crippen LogP contribution in [0, 0.1) is 5.92 Å². The molecule has 0 saturated heterocycles. The Morgan fingerprint density at radius 3 is 2.60 bits per heavy atom. The zero-order valence-electron chi connectivity index (χ0n) is 12.4. The maximum atomic E-state index is 11.7. The van der Waals surface area contributed by atoms with Crippen LogP contribution in [-0.2, 0) is 11.2 Å². The quantitative estimate of drug-likeness (QED) is 0.862. The first kappa shape index (κ1) is 14.9. The number of benzene rings is 1. The molecule has 1 aromatic rings. The van der Waals surface area contributed by atoms with Gasteiger partial charge < -0.3 is 16.0 Å². The van der Waals surface area contributed by atoms with Crippen LogP contribution >= 0.6 is 0 Å². The van der Waals surface area contributed by atoms with Gasteiger partial charge in [-0.2, -0.15) is 0 Å². The Labute approximate surface area is 121 Å². The summed E-state index contributed by atoms with van der Waals surface area (Å²) in [5, 5.41) is 3.57. The Hall–Kier alpha value is -1.55. The number of nitrogens with two attached hydrogens (primary N) is 1. The molecule has 3 N–H and O–H groups in total. The van der Waals surface area contributed by atoms with Crippen molar-refractivity contribution >= 4 is 11.6 Å². The highest BCUT2D eigenvalue weighted by molar-refractivity contribution is 5.78. The first-order valence-corrected chi connectivity index (χ1v) is 7.36. The lowest BCUT2D eigenvalue weighted by Gasteiger charge is -2.21. The minimum absolute atomic E-state index is 0.129. The van der Waals surface area contributed by atoms with Gasteiger partial charge in [-0.1, -0.05) is 18.6 Å². The smallest absolute Gasteiger partial charge is 0.226 e. The number of nitrogens with zero attached hydrogens (tertiary/aromatic N) is 1. The molecular formula is C16H25N3O. The molecule has 1 aromatic carbocycles. The zero-order chi connectivity index (χ0) is 14.5. The van der Waals surface area contributed by atoms with Crippen LogP contribution in [0.2, 0.25) is 0 Å². The summed E-state index contributed by atoms with van der Waals surface area (Å²) in [4.78, 5) is 13.3. The maximum Gasteiger partial charge on any atom is 0.226 e. The second kappa shape index (κ2) is 6.75. The van der Waals surface area contributed by atoms with E-state index in [-0.39, 0.29) is 5.91 Å². The van der Waals surface area contributed by atoms with Crippen LogP contribution < -0.4 is 11.1 Å². The number of rotatable bonds is 5. The predicted molar refractivity (Wildman–Crippen MR) is 82.6 cm³/mol. The molecule has 0 bridgehead atoms. The molecule has 0 aromatic heterocycles. The fourth-order valence-electron chi connectivity index (χ4n) is 2.77. The van der Waals surface area contributed by atoms with Gasteiger partial charge in [-0.3, -0.25) is 4.79 Å². The number of likely N-dealkylation sites (N-methyl/N-ethyl adjacent to an activating group) is 1. The summed E-state index contributed by atoms with van der Waals surface area (Å²) in [5.74, 6) is 0.717. The van der Waals surface area contributed by atoms with Gasteiger partial charge in [-0.15, -0.1) is 0 Å². The van der Waals surface area contributed by atoms with Gasteiger partial charge in [0.25, 0.3) is 0 Å². The second-order valence-electron chi connectivity index (χ2n) is 5.84. The van der Waals surface area contributed by atoms with E-state index in [0.29, 0.717) is 18.4 Å². The summed E-state index contributed by atoms with van der Waals surface area (Å²) in [6, 6.07) is 8.66. The maximum absolute atomic E-state index is 11.7. The Kier molecular flexibility index (Phi) is 5.01. The van der Waals surface area contributed by atoms with Crippen LogP contribution in [0.5, 0.6) is 0 Å². The van der Waals surface area contributed by atoms with Crippen LogP contribution in [0.15, 0.2) is 24.3 Å². The van der Waals surface area contributed by atoms with E-state index in [1.54, 1.807) is 19.0 Å². The Balaban J connectivity index is 1.93. The van der Waals surface area contributed by atoms with Crippen molar-refractivity contribution in [2.45, 2.75) is 31.7 Å². The third-order valence-corrected chi connectivity index (χ3v) is 4.12. The monoisotopic (exact) mass is 275 g/mol. The second-order valence-corrected chi connectivity index (χ2v) is 5.84. The van der Waals surface area contributed by atoms with Crippen LogP contribution in [0.4, 0.5) is 5.69 Å². The van der Waals surface area contributed by atoms with E-state index in [0.717, 1.165) is 17.8 Å². The van der Waals surface area contributed by atoms with E-state index in [4.69, 9.17) is 5.73 Å². The number of carbonyl (C=O) groups excluding carboxylic acids is 1. The van der Waals surface area contributed by atoms with E-state index < -0.39 is 0 Å². The molecule has 2 rings (SSSR count). The van der Waals surface area contributed by atoms with E-state index in [2.05, 4.69) is 17.4 Å². The molecule has 0 heterocycles. The Morgan fingerprint density at radius 2 is 2.00 bits per heavy atom. The molecule has 4 nitrogen and oxygen atoms in total. The third-order valence-electron chi connectivity index (χ3n) is 4.12. The highest BCUT2D eigenvalue weighted by atomic mass is 16.2. The van der Waals surface area contributed by atoms with Crippen molar-refractivity contribution in [2.24, 2.45) is 11.7 Å². The van der Waals surface area contributed by atoms with E-state index in [9.17, 15) is 4.79 Å². The SMILES string of the molecule is CN(C)C(=O)Cc1ccc(NC2CCCC2CN)cc1. The lowest BCUT2D eigenvalue weighted by Crippen LogP contribution is -2.29. The van der Waals surface area contributed by atoms with Crippen molar-refractivity contribution in [2.75, 3.05) is 26.0 Å². The molecule has 2 unspecified atom stereocenters. The van der Waals surface area contributed by atoms with Gasteiger partial charge in [0.05, 0.1) is 6.42 Å². The predicted octanol–water partition coefficient (Wildman–Crippen LogP) is 1.86. The van der Waals surface area contributed by atoms with Crippen LogP contribution in [0.1, 0.15) is 24.8 Å². The summed E-state index contributed by atoms with van der Waals surface area (Å²) in [5.41, 5.74) is 7.98. The van der Waals surface area contributed by atoms with Crippen molar-refractivity contribution in [3.63, 3.8) is 0 Å². The van der Waals surface area contributed by atoms with Crippen LogP contribution in [0.3, 0.4) is 0 Å². The number of hydrogen-bond donors (Lipinski definition) is 2. The third kappa shape index (κ3) is 3.73. The number of amides is 1. The van der Waals surface area contributed by atoms with Gasteiger partial charge in [-0.05, 0) is 43.0 Å². The molecule has 110 valence electrons. The highest BCUT2D eigenvalue weighted by Crippen LogP contribution is 2.27. The Bertz CT molecular complexity index is 442. The van der Waals surface area contributed by atoms with Crippen LogP contribution in [0.25, 0.3) is 0 Å². The molecule has 0 radical (unpaired) electrons. The number of hydrogen-bond acceptors (Lipinski definition) is 3. The summed E-state index contributed by atoms with van der Waals surface area (Å²) in [6.07, 6.45) is 4.14. The standard InChI is InChI=1S/C16H25N3O/c1-19(2)16(20)10-12-6-8-14(9-7-12)18-15-5-3-4-13(15)11-17/h6-9,13,15,18H,3-5,10-11,17H2,1-2H3. The summed E-state index contributed by atoms with van der Waals surface area (Å²) >= 11 is 0. The number of anilines is 1. The van der Waals surface area contributed by atoms with Crippen molar-refractivity contribution < 1.29 is 4.79 Å². The van der Waals surface area contributed by atoms with Crippen LogP contribution in [-0.4, -0.2) is 37.5 Å². The van der Waals surface area contributed by atoms with Crippen molar-refractivity contribution in [1.29, 1.82) is 0 Å². The fourth-order valence-corrected chi connectivity index (χ4v) is 2.77. The Morgan fingerprint density at radius 1 is 1.30 bits per heavy atom. The average Bonchev–Trinajstić information content (AvgIpc) is 2.88. The average molecular weight is 275 g/mol. The first-order chi connectivity index (χ1) is 9.60. The minimum Gasteiger partial charge on any atom is -0.382 e. The van der Waals surface area contributed by atoms with Crippen molar-refractivity contribution in [3.05, 3.63) is 29.8 Å². The minimum atomic E-state index is 0.129. The molecule has 20 heavy (non-hydrogen) atoms. The molecule has 4 heteroatoms. The molecule has 0 aliphatic heterocycles. The first-order valence-electron chi connectivity index (χ1n) is 7.36. The molecule has 1 saturated carbocycles. The van der Waals surface area contributed by atoms with Crippen molar-refractivity contribution in [1.82, 2.24) is 4.90 Å². The number of carbonyl (C=O) groups is 1. The van der Waals surface area contributed by atoms with Gasteiger partial charge >= 0.3 is 0 Å². The molecule has 0 spiro atoms. The molecule has 2 atom stereocenters. The van der Waals surface area contributed by atoms with Gasteiger partial charge in [0.1, 0.15) is 0 Å². The molecule has 1 amide bonds. The largest absolute Gasteiger partial charge is 0.382 e.